The van der Waals surface area contributed by atoms with Crippen molar-refractivity contribution >= 4 is 23.5 Å². The van der Waals surface area contributed by atoms with Crippen molar-refractivity contribution in [3.05, 3.63) is 71.2 Å². The van der Waals surface area contributed by atoms with E-state index in [4.69, 9.17) is 9.26 Å². The molecule has 0 aliphatic carbocycles. The van der Waals surface area contributed by atoms with Crippen LogP contribution in [0.15, 0.2) is 53.1 Å². The maximum atomic E-state index is 13.3. The first kappa shape index (κ1) is 22.8. The molecule has 0 radical (unpaired) electrons. The first-order valence-corrected chi connectivity index (χ1v) is 11.5. The second-order valence-corrected chi connectivity index (χ2v) is 8.63. The third-order valence-electron chi connectivity index (χ3n) is 6.42. The average Bonchev–Trinajstić information content (AvgIpc) is 3.47. The highest BCUT2D eigenvalue weighted by Gasteiger charge is 2.39. The predicted molar refractivity (Wildman–Crippen MR) is 124 cm³/mol. The molecular weight excluding hydrogens is 453 g/mol. The molecule has 1 saturated heterocycles. The molecule has 1 fully saturated rings. The lowest BCUT2D eigenvalue weighted by atomic mass is 9.99. The minimum Gasteiger partial charge on any atom is -0.462 e. The third-order valence-corrected chi connectivity index (χ3v) is 6.42. The number of ether oxygens (including phenoxy) is 1. The van der Waals surface area contributed by atoms with Crippen molar-refractivity contribution in [2.24, 2.45) is 5.92 Å². The molecule has 1 aromatic heterocycles. The number of carbonyl (C=O) groups excluding carboxylic acids is 3. The van der Waals surface area contributed by atoms with Gasteiger partial charge in [0.15, 0.2) is 5.76 Å². The average molecular weight is 477 g/mol. The van der Waals surface area contributed by atoms with Gasteiger partial charge in [0.05, 0.1) is 30.3 Å². The Bertz CT molecular complexity index is 1270. The van der Waals surface area contributed by atoms with E-state index in [1.165, 1.54) is 12.1 Å². The summed E-state index contributed by atoms with van der Waals surface area (Å²) in [6.07, 6.45) is 0.668. The fraction of sp³-hybridized carbons (Fsp3) is 0.308. The van der Waals surface area contributed by atoms with Gasteiger partial charge >= 0.3 is 5.97 Å². The van der Waals surface area contributed by atoms with Gasteiger partial charge in [-0.2, -0.15) is 0 Å². The molecule has 0 saturated carbocycles. The van der Waals surface area contributed by atoms with Crippen LogP contribution in [0.5, 0.6) is 0 Å². The molecule has 0 bridgehead atoms. The van der Waals surface area contributed by atoms with Gasteiger partial charge in [0.25, 0.3) is 0 Å². The Morgan fingerprint density at radius 1 is 1.14 bits per heavy atom. The van der Waals surface area contributed by atoms with Crippen molar-refractivity contribution < 1.29 is 28.0 Å². The molecule has 3 heterocycles. The summed E-state index contributed by atoms with van der Waals surface area (Å²) in [6, 6.07) is 12.6. The lowest BCUT2D eigenvalue weighted by molar-refractivity contribution is -0.136. The summed E-state index contributed by atoms with van der Waals surface area (Å²) in [7, 11) is 0. The molecule has 2 aromatic carbocycles. The highest BCUT2D eigenvalue weighted by atomic mass is 19.1. The molecule has 1 unspecified atom stereocenters. The van der Waals surface area contributed by atoms with Gasteiger partial charge in [-0.15, -0.1) is 0 Å². The maximum Gasteiger partial charge on any atom is 0.338 e. The minimum atomic E-state index is -0.470. The van der Waals surface area contributed by atoms with Crippen molar-refractivity contribution in [3.8, 4) is 11.3 Å². The smallest absolute Gasteiger partial charge is 0.338 e. The van der Waals surface area contributed by atoms with Gasteiger partial charge in [-0.3, -0.25) is 9.59 Å². The van der Waals surface area contributed by atoms with Crippen LogP contribution in [0, 0.1) is 11.7 Å². The third kappa shape index (κ3) is 4.41. The van der Waals surface area contributed by atoms with E-state index in [-0.39, 0.29) is 37.2 Å². The van der Waals surface area contributed by atoms with Crippen molar-refractivity contribution in [2.45, 2.75) is 26.3 Å². The van der Waals surface area contributed by atoms with Gasteiger partial charge in [0, 0.05) is 42.7 Å². The second-order valence-electron chi connectivity index (χ2n) is 8.63. The Morgan fingerprint density at radius 2 is 1.89 bits per heavy atom. The molecule has 0 spiro atoms. The summed E-state index contributed by atoms with van der Waals surface area (Å²) in [4.78, 5) is 41.3. The quantitative estimate of drug-likeness (QED) is 0.522. The lowest BCUT2D eigenvalue weighted by Gasteiger charge is -2.28. The van der Waals surface area contributed by atoms with E-state index in [1.54, 1.807) is 53.1 Å². The topological polar surface area (TPSA) is 92.9 Å². The van der Waals surface area contributed by atoms with Crippen LogP contribution < -0.4 is 4.90 Å². The first-order chi connectivity index (χ1) is 16.9. The van der Waals surface area contributed by atoms with E-state index in [9.17, 15) is 18.8 Å². The zero-order valence-corrected chi connectivity index (χ0v) is 19.2. The number of halogens is 1. The molecule has 3 aromatic rings. The number of carbonyl (C=O) groups is 3. The van der Waals surface area contributed by atoms with Gasteiger partial charge in [-0.25, -0.2) is 9.18 Å². The van der Waals surface area contributed by atoms with E-state index in [0.717, 1.165) is 11.3 Å². The van der Waals surface area contributed by atoms with Crippen LogP contribution in [-0.4, -0.2) is 47.5 Å². The zero-order chi connectivity index (χ0) is 24.5. The molecule has 9 heteroatoms. The monoisotopic (exact) mass is 477 g/mol. The predicted octanol–water partition coefficient (Wildman–Crippen LogP) is 3.60. The Balaban J connectivity index is 1.28. The molecule has 5 rings (SSSR count). The number of rotatable bonds is 5. The number of esters is 1. The first-order valence-electron chi connectivity index (χ1n) is 11.5. The Hall–Kier alpha value is -4.01. The van der Waals surface area contributed by atoms with Crippen LogP contribution in [0.4, 0.5) is 10.1 Å². The summed E-state index contributed by atoms with van der Waals surface area (Å²) in [5.74, 6) is -0.933. The summed E-state index contributed by atoms with van der Waals surface area (Å²) in [6.45, 7) is 3.10. The van der Waals surface area contributed by atoms with Gasteiger partial charge in [-0.1, -0.05) is 5.16 Å². The highest BCUT2D eigenvalue weighted by Crippen LogP contribution is 2.33. The van der Waals surface area contributed by atoms with E-state index < -0.39 is 11.9 Å². The molecule has 1 atom stereocenters. The second kappa shape index (κ2) is 9.32. The van der Waals surface area contributed by atoms with Crippen LogP contribution >= 0.6 is 0 Å². The summed E-state index contributed by atoms with van der Waals surface area (Å²) in [5.41, 5.74) is 3.34. The number of nitrogens with zero attached hydrogens (tertiary/aromatic N) is 3. The van der Waals surface area contributed by atoms with Crippen LogP contribution in [0.1, 0.15) is 35.0 Å². The Kier molecular flexibility index (Phi) is 6.07. The largest absolute Gasteiger partial charge is 0.462 e. The summed E-state index contributed by atoms with van der Waals surface area (Å²) >= 11 is 0. The van der Waals surface area contributed by atoms with Crippen LogP contribution in [0.25, 0.3) is 11.3 Å². The molecule has 8 nitrogen and oxygen atoms in total. The molecule has 0 N–H and O–H groups in total. The molecule has 180 valence electrons. The van der Waals surface area contributed by atoms with Crippen molar-refractivity contribution in [1.82, 2.24) is 10.1 Å². The molecule has 2 aliphatic rings. The normalized spacial score (nSPS) is 17.4. The van der Waals surface area contributed by atoms with Gasteiger partial charge in [-0.05, 0) is 55.5 Å². The Morgan fingerprint density at radius 3 is 2.60 bits per heavy atom. The van der Waals surface area contributed by atoms with Crippen molar-refractivity contribution in [1.29, 1.82) is 0 Å². The number of hydrogen-bond acceptors (Lipinski definition) is 6. The molecule has 2 amide bonds. The molecule has 2 aliphatic heterocycles. The van der Waals surface area contributed by atoms with Crippen LogP contribution in [0.2, 0.25) is 0 Å². The van der Waals surface area contributed by atoms with Gasteiger partial charge < -0.3 is 19.1 Å². The summed E-state index contributed by atoms with van der Waals surface area (Å²) < 4.78 is 23.8. The van der Waals surface area contributed by atoms with Crippen LogP contribution in [0.3, 0.4) is 0 Å². The number of fused-ring (bicyclic) bond motifs is 1. The van der Waals surface area contributed by atoms with E-state index >= 15 is 0 Å². The summed E-state index contributed by atoms with van der Waals surface area (Å²) in [5, 5.41) is 4.14. The van der Waals surface area contributed by atoms with Crippen molar-refractivity contribution in [2.75, 3.05) is 24.6 Å². The highest BCUT2D eigenvalue weighted by molar-refractivity contribution is 6.00. The van der Waals surface area contributed by atoms with E-state index in [2.05, 4.69) is 5.16 Å². The van der Waals surface area contributed by atoms with E-state index in [1.807, 2.05) is 0 Å². The molecule has 35 heavy (non-hydrogen) atoms. The van der Waals surface area contributed by atoms with E-state index in [0.29, 0.717) is 42.1 Å². The SMILES string of the molecule is CCOC(=O)c1ccc(N2CC(C(=O)N3CCc4noc(-c5ccc(F)cc5)c4C3)CC2=O)cc1. The lowest BCUT2D eigenvalue weighted by Crippen LogP contribution is -2.40. The maximum absolute atomic E-state index is 13.3. The molecular formula is C26H24FN3O5. The zero-order valence-electron chi connectivity index (χ0n) is 19.2. The fourth-order valence-electron chi connectivity index (χ4n) is 4.60. The Labute approximate surface area is 201 Å². The number of aromatic nitrogens is 1. The van der Waals surface area contributed by atoms with Gasteiger partial charge in [0.1, 0.15) is 5.82 Å². The number of anilines is 1. The minimum absolute atomic E-state index is 0.0964. The van der Waals surface area contributed by atoms with Crippen LogP contribution in [-0.2, 0) is 27.3 Å². The standard InChI is InChI=1S/C26H24FN3O5/c1-2-34-26(33)17-5-9-20(10-6-17)30-14-18(13-23(30)31)25(32)29-12-11-22-21(15-29)24(35-28-22)16-3-7-19(27)8-4-16/h3-10,18H,2,11-15H2,1H3. The van der Waals surface area contributed by atoms with Gasteiger partial charge in [0.2, 0.25) is 11.8 Å². The van der Waals surface area contributed by atoms with Crippen molar-refractivity contribution in [3.63, 3.8) is 0 Å². The number of hydrogen-bond donors (Lipinski definition) is 0. The fourth-order valence-corrected chi connectivity index (χ4v) is 4.60. The number of benzene rings is 2. The number of amides is 2.